The molecule has 1 saturated carbocycles. The van der Waals surface area contributed by atoms with Crippen LogP contribution in [0.15, 0.2) is 40.9 Å². The number of imidazole rings is 1. The van der Waals surface area contributed by atoms with Gasteiger partial charge in [-0.1, -0.05) is 6.07 Å². The van der Waals surface area contributed by atoms with Gasteiger partial charge in [-0.05, 0) is 36.2 Å². The molecule has 2 aromatic heterocycles. The third kappa shape index (κ3) is 3.08. The molecule has 0 aromatic carbocycles. The zero-order chi connectivity index (χ0) is 11.5. The molecule has 2 N–H and O–H groups in total. The van der Waals surface area contributed by atoms with E-state index in [0.29, 0.717) is 0 Å². The van der Waals surface area contributed by atoms with Gasteiger partial charge in [0.15, 0.2) is 5.16 Å². The molecule has 88 valence electrons. The highest BCUT2D eigenvalue weighted by Crippen LogP contribution is 2.22. The fourth-order valence-electron chi connectivity index (χ4n) is 1.53. The minimum absolute atomic E-state index is 0.743. The van der Waals surface area contributed by atoms with Crippen LogP contribution in [0.4, 0.5) is 0 Å². The van der Waals surface area contributed by atoms with E-state index < -0.39 is 0 Å². The van der Waals surface area contributed by atoms with Gasteiger partial charge in [0.25, 0.3) is 0 Å². The van der Waals surface area contributed by atoms with Crippen molar-refractivity contribution < 1.29 is 0 Å². The predicted molar refractivity (Wildman–Crippen MR) is 66.8 cm³/mol. The van der Waals surface area contributed by atoms with Gasteiger partial charge in [-0.2, -0.15) is 0 Å². The van der Waals surface area contributed by atoms with Crippen molar-refractivity contribution in [3.63, 3.8) is 0 Å². The van der Waals surface area contributed by atoms with Gasteiger partial charge in [-0.3, -0.25) is 0 Å². The molecule has 1 aliphatic carbocycles. The van der Waals surface area contributed by atoms with Crippen LogP contribution in [0.5, 0.6) is 0 Å². The molecule has 2 heterocycles. The highest BCUT2D eigenvalue weighted by Gasteiger charge is 2.19. The number of nitrogens with one attached hydrogen (secondary N) is 2. The van der Waals surface area contributed by atoms with Crippen LogP contribution in [0.25, 0.3) is 0 Å². The van der Waals surface area contributed by atoms with E-state index in [1.165, 1.54) is 18.4 Å². The molecule has 1 fully saturated rings. The van der Waals surface area contributed by atoms with Crippen LogP contribution in [0.3, 0.4) is 0 Å². The highest BCUT2D eigenvalue weighted by atomic mass is 32.2. The van der Waals surface area contributed by atoms with E-state index in [4.69, 9.17) is 0 Å². The van der Waals surface area contributed by atoms with Crippen molar-refractivity contribution in [2.45, 2.75) is 35.6 Å². The average Bonchev–Trinajstić information content (AvgIpc) is 3.05. The van der Waals surface area contributed by atoms with E-state index in [1.807, 2.05) is 18.5 Å². The fourth-order valence-corrected chi connectivity index (χ4v) is 2.21. The number of H-pyrrole nitrogens is 1. The van der Waals surface area contributed by atoms with Crippen LogP contribution in [-0.2, 0) is 6.54 Å². The Balaban J connectivity index is 1.58. The van der Waals surface area contributed by atoms with Crippen molar-refractivity contribution in [1.29, 1.82) is 0 Å². The van der Waals surface area contributed by atoms with Crippen LogP contribution in [0, 0.1) is 0 Å². The first-order valence-corrected chi connectivity index (χ1v) is 6.57. The third-order valence-corrected chi connectivity index (χ3v) is 3.51. The lowest BCUT2D eigenvalue weighted by Crippen LogP contribution is -2.15. The molecular formula is C12H14N4S. The number of rotatable bonds is 5. The van der Waals surface area contributed by atoms with Gasteiger partial charge in [0, 0.05) is 31.2 Å². The Bertz CT molecular complexity index is 462. The lowest BCUT2D eigenvalue weighted by molar-refractivity contribution is 0.685. The molecule has 0 amide bonds. The summed E-state index contributed by atoms with van der Waals surface area (Å²) < 4.78 is 0. The first-order chi connectivity index (χ1) is 8.40. The van der Waals surface area contributed by atoms with E-state index in [9.17, 15) is 0 Å². The van der Waals surface area contributed by atoms with E-state index in [1.54, 1.807) is 18.0 Å². The number of hydrogen-bond acceptors (Lipinski definition) is 4. The third-order valence-electron chi connectivity index (χ3n) is 2.64. The smallest absolute Gasteiger partial charge is 0.171 e. The molecule has 0 saturated heterocycles. The zero-order valence-electron chi connectivity index (χ0n) is 9.39. The molecule has 0 spiro atoms. The normalized spacial score (nSPS) is 15.1. The van der Waals surface area contributed by atoms with Crippen molar-refractivity contribution in [3.8, 4) is 0 Å². The van der Waals surface area contributed by atoms with Crippen molar-refractivity contribution in [1.82, 2.24) is 20.3 Å². The minimum Gasteiger partial charge on any atom is -0.339 e. The monoisotopic (exact) mass is 246 g/mol. The van der Waals surface area contributed by atoms with Crippen molar-refractivity contribution in [3.05, 3.63) is 36.3 Å². The van der Waals surface area contributed by atoms with Crippen molar-refractivity contribution in [2.75, 3.05) is 0 Å². The largest absolute Gasteiger partial charge is 0.339 e. The summed E-state index contributed by atoms with van der Waals surface area (Å²) in [6.07, 6.45) is 8.13. The average molecular weight is 246 g/mol. The van der Waals surface area contributed by atoms with Crippen molar-refractivity contribution >= 4 is 11.8 Å². The molecule has 0 radical (unpaired) electrons. The molecule has 4 nitrogen and oxygen atoms in total. The topological polar surface area (TPSA) is 53.6 Å². The van der Waals surface area contributed by atoms with Gasteiger partial charge in [0.1, 0.15) is 5.03 Å². The van der Waals surface area contributed by atoms with Gasteiger partial charge in [-0.25, -0.2) is 9.97 Å². The molecule has 1 aliphatic rings. The lowest BCUT2D eigenvalue weighted by Gasteiger charge is -2.03. The highest BCUT2D eigenvalue weighted by molar-refractivity contribution is 7.99. The van der Waals surface area contributed by atoms with E-state index in [2.05, 4.69) is 26.3 Å². The summed E-state index contributed by atoms with van der Waals surface area (Å²) in [5, 5.41) is 5.32. The minimum atomic E-state index is 0.743. The first-order valence-electron chi connectivity index (χ1n) is 5.76. The fraction of sp³-hybridized carbons (Fsp3) is 0.333. The molecular weight excluding hydrogens is 232 g/mol. The number of pyridine rings is 1. The van der Waals surface area contributed by atoms with Crippen molar-refractivity contribution in [2.24, 2.45) is 0 Å². The SMILES string of the molecule is c1c[nH]c(Sc2ccc(CNC3CC3)cn2)n1. The Morgan fingerprint density at radius 3 is 2.94 bits per heavy atom. The molecule has 0 bridgehead atoms. The van der Waals surface area contributed by atoms with Gasteiger partial charge >= 0.3 is 0 Å². The maximum absolute atomic E-state index is 4.41. The number of nitrogens with zero attached hydrogens (tertiary/aromatic N) is 2. The van der Waals surface area contributed by atoms with E-state index >= 15 is 0 Å². The van der Waals surface area contributed by atoms with Gasteiger partial charge in [0.05, 0.1) is 0 Å². The summed E-state index contributed by atoms with van der Waals surface area (Å²) in [6.45, 7) is 0.920. The Kier molecular flexibility index (Phi) is 3.11. The predicted octanol–water partition coefficient (Wildman–Crippen LogP) is 2.21. The number of hydrogen-bond donors (Lipinski definition) is 2. The standard InChI is InChI=1S/C12H14N4S/c1-4-11(17-12-13-5-6-14-12)16-8-9(1)7-15-10-2-3-10/h1,4-6,8,10,15H,2-3,7H2,(H,13,14). The Morgan fingerprint density at radius 2 is 2.29 bits per heavy atom. The second-order valence-electron chi connectivity index (χ2n) is 4.16. The van der Waals surface area contributed by atoms with Gasteiger partial charge in [-0.15, -0.1) is 0 Å². The van der Waals surface area contributed by atoms with Crippen LogP contribution in [0.2, 0.25) is 0 Å². The molecule has 2 aromatic rings. The maximum Gasteiger partial charge on any atom is 0.171 e. The second-order valence-corrected chi connectivity index (χ2v) is 5.17. The van der Waals surface area contributed by atoms with Crippen LogP contribution in [-0.4, -0.2) is 21.0 Å². The molecule has 17 heavy (non-hydrogen) atoms. The summed E-state index contributed by atoms with van der Waals surface area (Å²) in [5.41, 5.74) is 1.24. The van der Waals surface area contributed by atoms with Gasteiger partial charge in [0.2, 0.25) is 0 Å². The summed E-state index contributed by atoms with van der Waals surface area (Å²) in [5.74, 6) is 0. The number of aromatic amines is 1. The first kappa shape index (κ1) is 10.8. The molecule has 5 heteroatoms. The quantitative estimate of drug-likeness (QED) is 0.849. The van der Waals surface area contributed by atoms with E-state index in [-0.39, 0.29) is 0 Å². The van der Waals surface area contributed by atoms with Crippen LogP contribution < -0.4 is 5.32 Å². The van der Waals surface area contributed by atoms with Crippen LogP contribution >= 0.6 is 11.8 Å². The molecule has 0 unspecified atom stereocenters. The van der Waals surface area contributed by atoms with Crippen LogP contribution in [0.1, 0.15) is 18.4 Å². The summed E-state index contributed by atoms with van der Waals surface area (Å²) in [6, 6.07) is 4.90. The second kappa shape index (κ2) is 4.89. The summed E-state index contributed by atoms with van der Waals surface area (Å²) >= 11 is 1.54. The van der Waals surface area contributed by atoms with Gasteiger partial charge < -0.3 is 10.3 Å². The number of aromatic nitrogens is 3. The molecule has 0 atom stereocenters. The maximum atomic E-state index is 4.41. The zero-order valence-corrected chi connectivity index (χ0v) is 10.2. The Labute approximate surface area is 104 Å². The molecule has 0 aliphatic heterocycles. The summed E-state index contributed by atoms with van der Waals surface area (Å²) in [4.78, 5) is 11.6. The van der Waals surface area contributed by atoms with E-state index in [0.717, 1.165) is 22.8 Å². The summed E-state index contributed by atoms with van der Waals surface area (Å²) in [7, 11) is 0. The Morgan fingerprint density at radius 1 is 1.35 bits per heavy atom. The lowest BCUT2D eigenvalue weighted by atomic mass is 10.3. The Hall–Kier alpha value is -1.33. The molecule has 3 rings (SSSR count).